The van der Waals surface area contributed by atoms with Crippen LogP contribution in [0.2, 0.25) is 0 Å². The minimum Gasteiger partial charge on any atom is -0.462 e. The van der Waals surface area contributed by atoms with E-state index in [4.69, 9.17) is 4.74 Å². The van der Waals surface area contributed by atoms with Crippen molar-refractivity contribution in [1.82, 2.24) is 0 Å². The van der Waals surface area contributed by atoms with E-state index in [2.05, 4.69) is 27.7 Å². The lowest BCUT2D eigenvalue weighted by Crippen LogP contribution is -2.54. The molecular formula is C27H42O3. The lowest BCUT2D eigenvalue weighted by atomic mass is 9.45. The van der Waals surface area contributed by atoms with E-state index >= 15 is 0 Å². The number of hydrogen-bond acceptors (Lipinski definition) is 3. The molecule has 4 aliphatic rings. The first-order valence-corrected chi connectivity index (χ1v) is 12.7. The van der Waals surface area contributed by atoms with Crippen molar-refractivity contribution in [3.63, 3.8) is 0 Å². The fourth-order valence-electron chi connectivity index (χ4n) is 8.12. The number of allylic oxidation sites excluding steroid dienone is 2. The van der Waals surface area contributed by atoms with Gasteiger partial charge in [-0.3, -0.25) is 9.59 Å². The van der Waals surface area contributed by atoms with Crippen LogP contribution in [0.4, 0.5) is 0 Å². The van der Waals surface area contributed by atoms with Crippen molar-refractivity contribution in [1.29, 1.82) is 0 Å². The maximum absolute atomic E-state index is 12.5. The Morgan fingerprint density at radius 1 is 1.07 bits per heavy atom. The molecular weight excluding hydrogens is 372 g/mol. The second kappa shape index (κ2) is 8.43. The van der Waals surface area contributed by atoms with Gasteiger partial charge in [0, 0.05) is 18.3 Å². The third-order valence-electron chi connectivity index (χ3n) is 10.00. The Morgan fingerprint density at radius 2 is 1.87 bits per heavy atom. The molecule has 4 aliphatic carbocycles. The van der Waals surface area contributed by atoms with Crippen LogP contribution in [-0.4, -0.2) is 17.9 Å². The van der Waals surface area contributed by atoms with Gasteiger partial charge in [0.2, 0.25) is 0 Å². The minimum absolute atomic E-state index is 0.0281. The molecule has 0 aromatic rings. The number of hydrogen-bond donors (Lipinski definition) is 0. The van der Waals surface area contributed by atoms with Crippen LogP contribution in [0, 0.1) is 34.5 Å². The first-order chi connectivity index (χ1) is 14.3. The van der Waals surface area contributed by atoms with Gasteiger partial charge in [0.05, 0.1) is 0 Å². The summed E-state index contributed by atoms with van der Waals surface area (Å²) in [5, 5.41) is 0. The van der Waals surface area contributed by atoms with Gasteiger partial charge in [0.15, 0.2) is 5.78 Å². The Kier molecular flexibility index (Phi) is 6.21. The molecule has 1 unspecified atom stereocenters. The summed E-state index contributed by atoms with van der Waals surface area (Å²) in [6.45, 7) is 9.28. The molecule has 7 atom stereocenters. The minimum atomic E-state index is 0.0281. The van der Waals surface area contributed by atoms with Gasteiger partial charge < -0.3 is 4.74 Å². The molecule has 3 nitrogen and oxygen atoms in total. The summed E-state index contributed by atoms with van der Waals surface area (Å²) in [4.78, 5) is 24.7. The molecule has 0 aromatic carbocycles. The van der Waals surface area contributed by atoms with Crippen molar-refractivity contribution in [3.05, 3.63) is 11.6 Å². The summed E-state index contributed by atoms with van der Waals surface area (Å²) < 4.78 is 6.12. The first-order valence-electron chi connectivity index (χ1n) is 12.7. The molecule has 0 heterocycles. The van der Waals surface area contributed by atoms with E-state index < -0.39 is 0 Å². The molecule has 3 fully saturated rings. The van der Waals surface area contributed by atoms with E-state index in [1.165, 1.54) is 44.1 Å². The third kappa shape index (κ3) is 3.58. The van der Waals surface area contributed by atoms with Crippen molar-refractivity contribution >= 4 is 11.8 Å². The maximum atomic E-state index is 12.5. The predicted octanol–water partition coefficient (Wildman–Crippen LogP) is 6.65. The van der Waals surface area contributed by atoms with E-state index in [0.717, 1.165) is 38.0 Å². The smallest absolute Gasteiger partial charge is 0.306 e. The van der Waals surface area contributed by atoms with Gasteiger partial charge in [-0.1, -0.05) is 45.6 Å². The second-order valence-corrected chi connectivity index (χ2v) is 11.3. The van der Waals surface area contributed by atoms with Crippen molar-refractivity contribution in [2.75, 3.05) is 0 Å². The number of unbranched alkanes of at least 4 members (excludes halogenated alkanes) is 3. The Hall–Kier alpha value is -1.12. The van der Waals surface area contributed by atoms with Gasteiger partial charge in [0.1, 0.15) is 6.10 Å². The van der Waals surface area contributed by atoms with E-state index in [1.54, 1.807) is 0 Å². The zero-order valence-corrected chi connectivity index (χ0v) is 19.7. The van der Waals surface area contributed by atoms with Crippen LogP contribution in [0.25, 0.3) is 0 Å². The number of ketones is 1. The van der Waals surface area contributed by atoms with Gasteiger partial charge in [0.25, 0.3) is 0 Å². The first kappa shape index (κ1) is 22.1. The third-order valence-corrected chi connectivity index (χ3v) is 10.00. The number of rotatable bonds is 6. The molecule has 0 bridgehead atoms. The normalized spacial score (nSPS) is 42.7. The number of carbonyl (C=O) groups is 2. The predicted molar refractivity (Wildman–Crippen MR) is 120 cm³/mol. The van der Waals surface area contributed by atoms with Crippen LogP contribution in [0.1, 0.15) is 105 Å². The zero-order chi connectivity index (χ0) is 21.5. The highest BCUT2D eigenvalue weighted by atomic mass is 16.5. The standard InChI is InChI=1S/C27H42O3/c1-5-6-7-8-9-25(29)30-24-13-12-22-21-11-10-19-17-20(28)16-18(2)27(19,4)23(21)14-15-26(22,24)3/h16,19,21-24H,5-15,17H2,1-4H3/t19?,21-,22-,23-,24-,26-,27-/m0/s1. The summed E-state index contributed by atoms with van der Waals surface area (Å²) >= 11 is 0. The fraction of sp³-hybridized carbons (Fsp3) is 0.852. The lowest BCUT2D eigenvalue weighted by Gasteiger charge is -2.60. The summed E-state index contributed by atoms with van der Waals surface area (Å²) in [7, 11) is 0. The van der Waals surface area contributed by atoms with Crippen LogP contribution < -0.4 is 0 Å². The molecule has 3 heteroatoms. The topological polar surface area (TPSA) is 43.4 Å². The molecule has 30 heavy (non-hydrogen) atoms. The van der Waals surface area contributed by atoms with Crippen LogP contribution in [-0.2, 0) is 14.3 Å². The van der Waals surface area contributed by atoms with Crippen molar-refractivity contribution < 1.29 is 14.3 Å². The Balaban J connectivity index is 1.46. The molecule has 4 rings (SSSR count). The number of ether oxygens (including phenoxy) is 1. The molecule has 0 radical (unpaired) electrons. The molecule has 3 saturated carbocycles. The molecule has 0 spiro atoms. The van der Waals surface area contributed by atoms with Crippen molar-refractivity contribution in [3.8, 4) is 0 Å². The summed E-state index contributed by atoms with van der Waals surface area (Å²) in [5.74, 6) is 2.95. The Morgan fingerprint density at radius 3 is 2.63 bits per heavy atom. The van der Waals surface area contributed by atoms with E-state index in [9.17, 15) is 9.59 Å². The molecule has 0 saturated heterocycles. The number of fused-ring (bicyclic) bond motifs is 5. The Labute approximate surface area is 183 Å². The highest BCUT2D eigenvalue weighted by molar-refractivity contribution is 5.91. The van der Waals surface area contributed by atoms with Crippen LogP contribution >= 0.6 is 0 Å². The van der Waals surface area contributed by atoms with Crippen LogP contribution in [0.5, 0.6) is 0 Å². The largest absolute Gasteiger partial charge is 0.462 e. The molecule has 0 aromatic heterocycles. The summed E-state index contributed by atoms with van der Waals surface area (Å²) in [6.07, 6.45) is 15.0. The van der Waals surface area contributed by atoms with Crippen LogP contribution in [0.15, 0.2) is 11.6 Å². The monoisotopic (exact) mass is 414 g/mol. The van der Waals surface area contributed by atoms with Crippen molar-refractivity contribution in [2.24, 2.45) is 34.5 Å². The second-order valence-electron chi connectivity index (χ2n) is 11.3. The summed E-state index contributed by atoms with van der Waals surface area (Å²) in [5.41, 5.74) is 1.66. The highest BCUT2D eigenvalue weighted by Gasteiger charge is 2.61. The lowest BCUT2D eigenvalue weighted by molar-refractivity contribution is -0.161. The number of carbonyl (C=O) groups excluding carboxylic acids is 2. The van der Waals surface area contributed by atoms with Crippen molar-refractivity contribution in [2.45, 2.75) is 111 Å². The average molecular weight is 415 g/mol. The van der Waals surface area contributed by atoms with E-state index in [-0.39, 0.29) is 22.9 Å². The summed E-state index contributed by atoms with van der Waals surface area (Å²) in [6, 6.07) is 0. The molecule has 0 aliphatic heterocycles. The van der Waals surface area contributed by atoms with Gasteiger partial charge in [-0.25, -0.2) is 0 Å². The highest BCUT2D eigenvalue weighted by Crippen LogP contribution is 2.66. The quantitative estimate of drug-likeness (QED) is 0.361. The van der Waals surface area contributed by atoms with Gasteiger partial charge in [-0.15, -0.1) is 0 Å². The van der Waals surface area contributed by atoms with E-state index in [1.807, 2.05) is 6.08 Å². The zero-order valence-electron chi connectivity index (χ0n) is 19.7. The van der Waals surface area contributed by atoms with Gasteiger partial charge >= 0.3 is 5.97 Å². The fourth-order valence-corrected chi connectivity index (χ4v) is 8.12. The van der Waals surface area contributed by atoms with Gasteiger partial charge in [-0.05, 0) is 87.0 Å². The van der Waals surface area contributed by atoms with E-state index in [0.29, 0.717) is 30.0 Å². The number of esters is 1. The average Bonchev–Trinajstić information content (AvgIpc) is 3.03. The maximum Gasteiger partial charge on any atom is 0.306 e. The molecule has 0 N–H and O–H groups in total. The SMILES string of the molecule is CCCCCCC(=O)O[C@H]1CC[C@H]2[C@@H]3CCC4CC(=O)C=C(C)[C@]4(C)[C@H]3CC[C@]12C. The molecule has 0 amide bonds. The molecule has 168 valence electrons. The Bertz CT molecular complexity index is 709. The van der Waals surface area contributed by atoms with Gasteiger partial charge in [-0.2, -0.15) is 0 Å². The van der Waals surface area contributed by atoms with Crippen LogP contribution in [0.3, 0.4) is 0 Å².